The van der Waals surface area contributed by atoms with Crippen molar-refractivity contribution in [2.75, 3.05) is 20.1 Å². The Kier molecular flexibility index (Phi) is 4.86. The second-order valence-electron chi connectivity index (χ2n) is 2.56. The predicted molar refractivity (Wildman–Crippen MR) is 46.4 cm³/mol. The van der Waals surface area contributed by atoms with Crippen LogP contribution in [-0.2, 0) is 4.79 Å². The van der Waals surface area contributed by atoms with Crippen LogP contribution in [0, 0.1) is 0 Å². The van der Waals surface area contributed by atoms with Gasteiger partial charge in [-0.3, -0.25) is 4.79 Å². The number of piperazine rings is 1. The van der Waals surface area contributed by atoms with Crippen molar-refractivity contribution in [3.63, 3.8) is 0 Å². The lowest BCUT2D eigenvalue weighted by Crippen LogP contribution is -2.51. The Hall–Kier alpha value is -0.570. The topological polar surface area (TPSA) is 32.3 Å². The second kappa shape index (κ2) is 5.13. The number of rotatable bonds is 0. The molecule has 3 heteroatoms. The molecular formula is C8H18N2O. The highest BCUT2D eigenvalue weighted by atomic mass is 16.2. The zero-order valence-corrected chi connectivity index (χ0v) is 7.85. The summed E-state index contributed by atoms with van der Waals surface area (Å²) in [6.45, 7) is 7.40. The molecule has 66 valence electrons. The third kappa shape index (κ3) is 3.37. The van der Waals surface area contributed by atoms with Crippen molar-refractivity contribution in [1.82, 2.24) is 10.2 Å². The van der Waals surface area contributed by atoms with Gasteiger partial charge in [0.2, 0.25) is 5.91 Å². The summed E-state index contributed by atoms with van der Waals surface area (Å²) < 4.78 is 0. The molecule has 0 aromatic heterocycles. The van der Waals surface area contributed by atoms with Crippen LogP contribution in [0.4, 0.5) is 0 Å². The molecule has 0 bridgehead atoms. The Morgan fingerprint density at radius 1 is 1.55 bits per heavy atom. The van der Waals surface area contributed by atoms with Crippen molar-refractivity contribution in [3.05, 3.63) is 0 Å². The molecule has 1 fully saturated rings. The number of amides is 1. The van der Waals surface area contributed by atoms with E-state index in [4.69, 9.17) is 0 Å². The summed E-state index contributed by atoms with van der Waals surface area (Å²) in [5, 5.41) is 3.07. The Morgan fingerprint density at radius 3 is 2.45 bits per heavy atom. The number of hydrogen-bond acceptors (Lipinski definition) is 2. The lowest BCUT2D eigenvalue weighted by atomic mass is 10.2. The number of carbonyl (C=O) groups excluding carboxylic acids is 1. The Bertz CT molecular complexity index is 125. The highest BCUT2D eigenvalue weighted by Crippen LogP contribution is 1.94. The van der Waals surface area contributed by atoms with Crippen molar-refractivity contribution < 1.29 is 4.79 Å². The van der Waals surface area contributed by atoms with Gasteiger partial charge in [0.15, 0.2) is 0 Å². The van der Waals surface area contributed by atoms with E-state index in [0.29, 0.717) is 12.6 Å². The lowest BCUT2D eigenvalue weighted by molar-refractivity contribution is -0.131. The molecule has 0 aromatic rings. The highest BCUT2D eigenvalue weighted by molar-refractivity contribution is 5.78. The largest absolute Gasteiger partial charge is 0.343 e. The van der Waals surface area contributed by atoms with Crippen LogP contribution in [0.1, 0.15) is 20.8 Å². The average Bonchev–Trinajstić information content (AvgIpc) is 2.02. The molecule has 1 aliphatic heterocycles. The number of nitrogens with one attached hydrogen (secondary N) is 1. The van der Waals surface area contributed by atoms with Crippen molar-refractivity contribution in [2.45, 2.75) is 26.8 Å². The summed E-state index contributed by atoms with van der Waals surface area (Å²) in [7, 11) is 1.83. The number of likely N-dealkylation sites (N-methyl/N-ethyl adjacent to an activating group) is 1. The van der Waals surface area contributed by atoms with Gasteiger partial charge >= 0.3 is 0 Å². The minimum Gasteiger partial charge on any atom is -0.343 e. The fourth-order valence-corrected chi connectivity index (χ4v) is 0.974. The molecule has 1 amide bonds. The predicted octanol–water partition coefficient (Wildman–Crippen LogP) is 0.463. The number of nitrogens with zero attached hydrogens (tertiary/aromatic N) is 1. The Morgan fingerprint density at radius 2 is 2.09 bits per heavy atom. The SMILES string of the molecule is CC.CC1CN(C)C(=O)CN1. The second-order valence-corrected chi connectivity index (χ2v) is 2.56. The van der Waals surface area contributed by atoms with Gasteiger partial charge in [-0.15, -0.1) is 0 Å². The van der Waals surface area contributed by atoms with Gasteiger partial charge in [0.05, 0.1) is 6.54 Å². The number of carbonyl (C=O) groups is 1. The van der Waals surface area contributed by atoms with E-state index in [1.807, 2.05) is 20.9 Å². The smallest absolute Gasteiger partial charge is 0.236 e. The maximum absolute atomic E-state index is 10.8. The monoisotopic (exact) mass is 158 g/mol. The molecule has 0 saturated carbocycles. The van der Waals surface area contributed by atoms with E-state index in [1.165, 1.54) is 0 Å². The molecule has 0 aliphatic carbocycles. The first-order valence-electron chi connectivity index (χ1n) is 4.17. The van der Waals surface area contributed by atoms with Gasteiger partial charge in [-0.2, -0.15) is 0 Å². The molecule has 1 saturated heterocycles. The summed E-state index contributed by atoms with van der Waals surface area (Å²) in [6.07, 6.45) is 0. The fourth-order valence-electron chi connectivity index (χ4n) is 0.974. The first-order valence-corrected chi connectivity index (χ1v) is 4.17. The van der Waals surface area contributed by atoms with E-state index in [1.54, 1.807) is 4.90 Å². The molecule has 1 heterocycles. The average molecular weight is 158 g/mol. The minimum absolute atomic E-state index is 0.188. The third-order valence-corrected chi connectivity index (χ3v) is 1.58. The van der Waals surface area contributed by atoms with Crippen molar-refractivity contribution in [1.29, 1.82) is 0 Å². The summed E-state index contributed by atoms with van der Waals surface area (Å²) in [4.78, 5) is 12.6. The summed E-state index contributed by atoms with van der Waals surface area (Å²) in [5.41, 5.74) is 0. The molecule has 3 nitrogen and oxygen atoms in total. The summed E-state index contributed by atoms with van der Waals surface area (Å²) >= 11 is 0. The van der Waals surface area contributed by atoms with Gasteiger partial charge in [0.1, 0.15) is 0 Å². The van der Waals surface area contributed by atoms with Gasteiger partial charge in [0.25, 0.3) is 0 Å². The summed E-state index contributed by atoms with van der Waals surface area (Å²) in [6, 6.07) is 0.452. The highest BCUT2D eigenvalue weighted by Gasteiger charge is 2.17. The van der Waals surface area contributed by atoms with Gasteiger partial charge in [0, 0.05) is 19.6 Å². The van der Waals surface area contributed by atoms with Gasteiger partial charge < -0.3 is 10.2 Å². The van der Waals surface area contributed by atoms with Crippen LogP contribution in [-0.4, -0.2) is 37.0 Å². The van der Waals surface area contributed by atoms with Gasteiger partial charge in [-0.05, 0) is 6.92 Å². The standard InChI is InChI=1S/C6H12N2O.C2H6/c1-5-4-8(2)6(9)3-7-5;1-2/h5,7H,3-4H2,1-2H3;1-2H3. The van der Waals surface area contributed by atoms with Crippen molar-refractivity contribution in [2.24, 2.45) is 0 Å². The Labute approximate surface area is 68.8 Å². The molecule has 11 heavy (non-hydrogen) atoms. The van der Waals surface area contributed by atoms with Crippen LogP contribution in [0.25, 0.3) is 0 Å². The summed E-state index contributed by atoms with van der Waals surface area (Å²) in [5.74, 6) is 0.188. The molecule has 0 aromatic carbocycles. The Balaban J connectivity index is 0.000000461. The van der Waals surface area contributed by atoms with Crippen LogP contribution in [0.5, 0.6) is 0 Å². The van der Waals surface area contributed by atoms with E-state index < -0.39 is 0 Å². The molecular weight excluding hydrogens is 140 g/mol. The molecule has 1 unspecified atom stereocenters. The van der Waals surface area contributed by atoms with E-state index in [0.717, 1.165) is 6.54 Å². The molecule has 0 spiro atoms. The molecule has 1 atom stereocenters. The van der Waals surface area contributed by atoms with E-state index >= 15 is 0 Å². The van der Waals surface area contributed by atoms with E-state index in [2.05, 4.69) is 12.2 Å². The van der Waals surface area contributed by atoms with Gasteiger partial charge in [-0.25, -0.2) is 0 Å². The van der Waals surface area contributed by atoms with Crippen LogP contribution in [0.2, 0.25) is 0 Å². The fraction of sp³-hybridized carbons (Fsp3) is 0.875. The third-order valence-electron chi connectivity index (χ3n) is 1.58. The van der Waals surface area contributed by atoms with Crippen LogP contribution >= 0.6 is 0 Å². The molecule has 1 rings (SSSR count). The van der Waals surface area contributed by atoms with Crippen LogP contribution in [0.3, 0.4) is 0 Å². The zero-order valence-electron chi connectivity index (χ0n) is 7.85. The zero-order chi connectivity index (χ0) is 8.85. The quantitative estimate of drug-likeness (QED) is 0.555. The lowest BCUT2D eigenvalue weighted by Gasteiger charge is -2.28. The first kappa shape index (κ1) is 10.4. The van der Waals surface area contributed by atoms with Crippen molar-refractivity contribution >= 4 is 5.91 Å². The van der Waals surface area contributed by atoms with Crippen molar-refractivity contribution in [3.8, 4) is 0 Å². The van der Waals surface area contributed by atoms with Crippen LogP contribution < -0.4 is 5.32 Å². The van der Waals surface area contributed by atoms with E-state index in [-0.39, 0.29) is 5.91 Å². The number of hydrogen-bond donors (Lipinski definition) is 1. The molecule has 1 aliphatic rings. The first-order chi connectivity index (χ1) is 5.20. The minimum atomic E-state index is 0.188. The normalized spacial score (nSPS) is 24.2. The van der Waals surface area contributed by atoms with Gasteiger partial charge in [-0.1, -0.05) is 13.8 Å². The molecule has 0 radical (unpaired) electrons. The maximum atomic E-state index is 10.8. The molecule has 1 N–H and O–H groups in total. The maximum Gasteiger partial charge on any atom is 0.236 e. The van der Waals surface area contributed by atoms with Crippen LogP contribution in [0.15, 0.2) is 0 Å². The van der Waals surface area contributed by atoms with E-state index in [9.17, 15) is 4.79 Å².